The lowest BCUT2D eigenvalue weighted by Gasteiger charge is -1.92. The third-order valence-electron chi connectivity index (χ3n) is 1.44. The Kier molecular flexibility index (Phi) is 6.55. The van der Waals surface area contributed by atoms with Crippen molar-refractivity contribution in [3.8, 4) is 0 Å². The smallest absolute Gasteiger partial charge is 0.328 e. The van der Waals surface area contributed by atoms with Gasteiger partial charge < -0.3 is 5.11 Å². The van der Waals surface area contributed by atoms with Crippen LogP contribution in [0.2, 0.25) is 0 Å². The summed E-state index contributed by atoms with van der Waals surface area (Å²) < 4.78 is 0. The molecule has 1 rings (SSSR count). The second-order valence-corrected chi connectivity index (χ2v) is 2.40. The molecule has 1 aromatic rings. The Bertz CT molecular complexity index is 339. The van der Waals surface area contributed by atoms with E-state index >= 15 is 0 Å². The number of allylic oxidation sites excluding steroid dienone is 1. The first kappa shape index (κ1) is 13.1. The number of rotatable bonds is 3. The Balaban J connectivity index is 0.000000921. The number of carbonyl (C=O) groups excluding carboxylic acids is 1. The van der Waals surface area contributed by atoms with Crippen molar-refractivity contribution >= 4 is 11.8 Å². The minimum Gasteiger partial charge on any atom is -0.478 e. The van der Waals surface area contributed by atoms with Gasteiger partial charge in [0.15, 0.2) is 5.78 Å². The summed E-state index contributed by atoms with van der Waals surface area (Å²) in [7, 11) is 0. The predicted octanol–water partition coefficient (Wildman–Crippen LogP) is 2.54. The maximum atomic E-state index is 11.2. The number of carbonyl (C=O) groups is 2. The van der Waals surface area contributed by atoms with Gasteiger partial charge in [-0.1, -0.05) is 44.2 Å². The van der Waals surface area contributed by atoms with Crippen molar-refractivity contribution in [1.82, 2.24) is 0 Å². The van der Waals surface area contributed by atoms with Gasteiger partial charge in [-0.15, -0.1) is 0 Å². The number of aliphatic carboxylic acids is 1. The van der Waals surface area contributed by atoms with Crippen molar-refractivity contribution in [3.05, 3.63) is 48.0 Å². The first-order valence-electron chi connectivity index (χ1n) is 4.70. The van der Waals surface area contributed by atoms with Crippen LogP contribution in [0.4, 0.5) is 0 Å². The zero-order valence-electron chi connectivity index (χ0n) is 8.81. The topological polar surface area (TPSA) is 54.4 Å². The number of carboxylic acids is 1. The third kappa shape index (κ3) is 5.41. The monoisotopic (exact) mass is 206 g/mol. The molecule has 1 aromatic carbocycles. The number of benzene rings is 1. The molecule has 0 saturated carbocycles. The van der Waals surface area contributed by atoms with Gasteiger partial charge >= 0.3 is 5.97 Å². The van der Waals surface area contributed by atoms with E-state index < -0.39 is 5.97 Å². The van der Waals surface area contributed by atoms with Crippen LogP contribution in [0, 0.1) is 0 Å². The average Bonchev–Trinajstić information content (AvgIpc) is 2.30. The fraction of sp³-hybridized carbons (Fsp3) is 0.167. The maximum absolute atomic E-state index is 11.2. The summed E-state index contributed by atoms with van der Waals surface area (Å²) in [5.74, 6) is -1.42. The highest BCUT2D eigenvalue weighted by molar-refractivity contribution is 6.06. The predicted molar refractivity (Wildman–Crippen MR) is 58.9 cm³/mol. The maximum Gasteiger partial charge on any atom is 0.328 e. The van der Waals surface area contributed by atoms with E-state index in [2.05, 4.69) is 0 Å². The normalized spacial score (nSPS) is 9.20. The molecule has 0 aromatic heterocycles. The summed E-state index contributed by atoms with van der Waals surface area (Å²) in [6, 6.07) is 8.50. The number of hydrogen-bond donors (Lipinski definition) is 1. The van der Waals surface area contributed by atoms with Gasteiger partial charge in [0.05, 0.1) is 0 Å². The highest BCUT2D eigenvalue weighted by Gasteiger charge is 1.99. The summed E-state index contributed by atoms with van der Waals surface area (Å²) in [4.78, 5) is 21.3. The quantitative estimate of drug-likeness (QED) is 0.610. The Morgan fingerprint density at radius 3 is 2.07 bits per heavy atom. The van der Waals surface area contributed by atoms with E-state index in [9.17, 15) is 9.59 Å². The molecule has 15 heavy (non-hydrogen) atoms. The molecule has 0 amide bonds. The lowest BCUT2D eigenvalue weighted by molar-refractivity contribution is -0.131. The number of hydrogen-bond acceptors (Lipinski definition) is 2. The molecule has 1 N–H and O–H groups in total. The molecule has 3 nitrogen and oxygen atoms in total. The molecule has 0 radical (unpaired) electrons. The lowest BCUT2D eigenvalue weighted by Crippen LogP contribution is -1.95. The molecule has 0 fully saturated rings. The van der Waals surface area contributed by atoms with E-state index in [-0.39, 0.29) is 5.78 Å². The third-order valence-corrected chi connectivity index (χ3v) is 1.44. The Morgan fingerprint density at radius 2 is 1.60 bits per heavy atom. The molecule has 3 heteroatoms. The zero-order chi connectivity index (χ0) is 11.7. The van der Waals surface area contributed by atoms with Crippen molar-refractivity contribution in [2.24, 2.45) is 0 Å². The Morgan fingerprint density at radius 1 is 1.07 bits per heavy atom. The Labute approximate surface area is 89.1 Å². The zero-order valence-corrected chi connectivity index (χ0v) is 8.81. The van der Waals surface area contributed by atoms with E-state index in [1.165, 1.54) is 0 Å². The number of carboxylic acid groups (broad SMARTS) is 1. The van der Waals surface area contributed by atoms with Gasteiger partial charge in [0.2, 0.25) is 0 Å². The minimum absolute atomic E-state index is 0.303. The van der Waals surface area contributed by atoms with Crippen molar-refractivity contribution in [3.63, 3.8) is 0 Å². The van der Waals surface area contributed by atoms with Crippen LogP contribution in [0.1, 0.15) is 24.2 Å². The van der Waals surface area contributed by atoms with Crippen LogP contribution < -0.4 is 0 Å². The standard InChI is InChI=1S/C10H8O3.C2H6/c11-9(6-7-10(12)13)8-4-2-1-3-5-8;1-2/h1-7H,(H,12,13);1-2H3/b7-6-;. The van der Waals surface area contributed by atoms with E-state index in [4.69, 9.17) is 5.11 Å². The van der Waals surface area contributed by atoms with Crippen molar-refractivity contribution in [2.45, 2.75) is 13.8 Å². The summed E-state index contributed by atoms with van der Waals surface area (Å²) in [6.45, 7) is 4.00. The van der Waals surface area contributed by atoms with Crippen LogP contribution in [0.25, 0.3) is 0 Å². The van der Waals surface area contributed by atoms with Crippen molar-refractivity contribution < 1.29 is 14.7 Å². The molecule has 0 heterocycles. The van der Waals surface area contributed by atoms with E-state index in [1.54, 1.807) is 30.3 Å². The van der Waals surface area contributed by atoms with Gasteiger partial charge in [0.25, 0.3) is 0 Å². The fourth-order valence-electron chi connectivity index (χ4n) is 0.846. The second kappa shape index (κ2) is 7.50. The van der Waals surface area contributed by atoms with Crippen LogP contribution >= 0.6 is 0 Å². The number of ketones is 1. The molecule has 0 aliphatic heterocycles. The highest BCUT2D eigenvalue weighted by atomic mass is 16.4. The summed E-state index contributed by atoms with van der Waals surface area (Å²) >= 11 is 0. The lowest BCUT2D eigenvalue weighted by atomic mass is 10.1. The molecule has 0 spiro atoms. The fourth-order valence-corrected chi connectivity index (χ4v) is 0.846. The van der Waals surface area contributed by atoms with Crippen LogP contribution in [0.3, 0.4) is 0 Å². The minimum atomic E-state index is -1.12. The van der Waals surface area contributed by atoms with Crippen molar-refractivity contribution in [2.75, 3.05) is 0 Å². The van der Waals surface area contributed by atoms with Crippen LogP contribution in [0.15, 0.2) is 42.5 Å². The summed E-state index contributed by atoms with van der Waals surface area (Å²) in [6.07, 6.45) is 1.87. The van der Waals surface area contributed by atoms with E-state index in [1.807, 2.05) is 13.8 Å². The van der Waals surface area contributed by atoms with Crippen LogP contribution in [-0.4, -0.2) is 16.9 Å². The molecule has 0 saturated heterocycles. The summed E-state index contributed by atoms with van der Waals surface area (Å²) in [5, 5.41) is 8.27. The summed E-state index contributed by atoms with van der Waals surface area (Å²) in [5.41, 5.74) is 0.486. The van der Waals surface area contributed by atoms with E-state index in [0.717, 1.165) is 12.2 Å². The van der Waals surface area contributed by atoms with Crippen molar-refractivity contribution in [1.29, 1.82) is 0 Å². The van der Waals surface area contributed by atoms with Gasteiger partial charge in [0, 0.05) is 11.6 Å². The Hall–Kier alpha value is -1.90. The van der Waals surface area contributed by atoms with Gasteiger partial charge in [0.1, 0.15) is 0 Å². The van der Waals surface area contributed by atoms with Crippen LogP contribution in [0.5, 0.6) is 0 Å². The molecule has 0 unspecified atom stereocenters. The first-order valence-corrected chi connectivity index (χ1v) is 4.70. The molecular weight excluding hydrogens is 192 g/mol. The first-order chi connectivity index (χ1) is 7.20. The largest absolute Gasteiger partial charge is 0.478 e. The molecule has 0 aliphatic rings. The van der Waals surface area contributed by atoms with E-state index in [0.29, 0.717) is 5.56 Å². The van der Waals surface area contributed by atoms with Gasteiger partial charge in [-0.05, 0) is 6.08 Å². The molecular formula is C12H14O3. The second-order valence-electron chi connectivity index (χ2n) is 2.40. The highest BCUT2D eigenvalue weighted by Crippen LogP contribution is 2.00. The molecule has 0 atom stereocenters. The van der Waals surface area contributed by atoms with Crippen LogP contribution in [-0.2, 0) is 4.79 Å². The van der Waals surface area contributed by atoms with Gasteiger partial charge in [-0.3, -0.25) is 4.79 Å². The SMILES string of the molecule is CC.O=C(O)/C=C\C(=O)c1ccccc1. The molecule has 80 valence electrons. The van der Waals surface area contributed by atoms with Gasteiger partial charge in [-0.2, -0.15) is 0 Å². The average molecular weight is 206 g/mol. The molecule has 0 bridgehead atoms. The molecule has 0 aliphatic carbocycles. The van der Waals surface area contributed by atoms with Gasteiger partial charge in [-0.25, -0.2) is 4.79 Å².